The highest BCUT2D eigenvalue weighted by Gasteiger charge is 2.24. The number of aryl methyl sites for hydroxylation is 2. The van der Waals surface area contributed by atoms with Crippen molar-refractivity contribution < 1.29 is 33.2 Å². The van der Waals surface area contributed by atoms with Crippen molar-refractivity contribution in [1.29, 1.82) is 0 Å². The van der Waals surface area contributed by atoms with Gasteiger partial charge in [0, 0.05) is 11.6 Å². The second-order valence-corrected chi connectivity index (χ2v) is 15.3. The van der Waals surface area contributed by atoms with Crippen molar-refractivity contribution in [3.63, 3.8) is 0 Å². The molecular formula is C51H62O7. The van der Waals surface area contributed by atoms with E-state index in [0.717, 1.165) is 99.3 Å². The minimum atomic E-state index is 0.388. The summed E-state index contributed by atoms with van der Waals surface area (Å²) < 4.78 is 42.9. The van der Waals surface area contributed by atoms with Crippen molar-refractivity contribution in [2.75, 3.05) is 28.4 Å². The zero-order valence-corrected chi connectivity index (χ0v) is 35.1. The summed E-state index contributed by atoms with van der Waals surface area (Å²) in [5, 5.41) is 0. The van der Waals surface area contributed by atoms with Crippen LogP contribution in [0.15, 0.2) is 97.1 Å². The van der Waals surface area contributed by atoms with Crippen molar-refractivity contribution in [3.05, 3.63) is 125 Å². The van der Waals surface area contributed by atoms with Crippen LogP contribution >= 0.6 is 0 Å². The maximum atomic E-state index is 6.90. The molecule has 0 heterocycles. The first-order valence-corrected chi connectivity index (χ1v) is 21.2. The van der Waals surface area contributed by atoms with Gasteiger partial charge in [-0.2, -0.15) is 0 Å². The highest BCUT2D eigenvalue weighted by atomic mass is 16.5. The van der Waals surface area contributed by atoms with E-state index in [9.17, 15) is 0 Å². The molecule has 0 unspecified atom stereocenters. The fourth-order valence-corrected chi connectivity index (χ4v) is 7.70. The first-order chi connectivity index (χ1) is 28.6. The van der Waals surface area contributed by atoms with Gasteiger partial charge in [0.05, 0.1) is 34.0 Å². The Balaban J connectivity index is 1.44. The SMILES string of the molecule is COc1ccc(COc2cc3c(c(OC)c2)-c2c(OCc4ccc(OC)cc4)cc(cc2OCc2ccc(OC)cc2)CCCCCCCCCCCCCC3)cc1. The van der Waals surface area contributed by atoms with E-state index < -0.39 is 0 Å². The molecule has 0 aromatic heterocycles. The van der Waals surface area contributed by atoms with Crippen molar-refractivity contribution >= 4 is 0 Å². The first kappa shape index (κ1) is 42.3. The van der Waals surface area contributed by atoms with Crippen molar-refractivity contribution in [2.45, 2.75) is 110 Å². The molecule has 5 aromatic rings. The van der Waals surface area contributed by atoms with Gasteiger partial charge >= 0.3 is 0 Å². The fraction of sp³-hybridized carbons (Fsp3) is 0.412. The standard InChI is InChI=1S/C51H62O7/c1-52-43-25-19-38(20-26-43)35-56-46-33-42-18-16-14-12-10-8-6-5-7-9-11-13-15-17-41-31-48(57-36-39-21-27-44(53-2)28-22-39)51(50(42)47(34-46)55-4)49(32-41)58-37-40-23-29-45(54-3)30-24-40/h19-34H,5-18,35-37H2,1-4H3. The van der Waals surface area contributed by atoms with Crippen molar-refractivity contribution in [1.82, 2.24) is 0 Å². The molecule has 0 aliphatic heterocycles. The zero-order chi connectivity index (χ0) is 40.4. The molecule has 2 aliphatic rings. The molecule has 7 rings (SSSR count). The topological polar surface area (TPSA) is 64.6 Å². The second kappa shape index (κ2) is 22.6. The predicted octanol–water partition coefficient (Wildman–Crippen LogP) is 12.9. The minimum absolute atomic E-state index is 0.388. The van der Waals surface area contributed by atoms with Gasteiger partial charge in [-0.3, -0.25) is 0 Å². The molecule has 58 heavy (non-hydrogen) atoms. The Labute approximate surface area is 346 Å². The van der Waals surface area contributed by atoms with Crippen LogP contribution in [0.5, 0.6) is 40.2 Å². The molecule has 7 nitrogen and oxygen atoms in total. The molecule has 2 aliphatic carbocycles. The Morgan fingerprint density at radius 3 is 1.16 bits per heavy atom. The number of benzene rings is 5. The quantitative estimate of drug-likeness (QED) is 0.118. The van der Waals surface area contributed by atoms with Gasteiger partial charge in [0.2, 0.25) is 0 Å². The Hall–Kier alpha value is -5.30. The van der Waals surface area contributed by atoms with Crippen LogP contribution in [-0.4, -0.2) is 28.4 Å². The summed E-state index contributed by atoms with van der Waals surface area (Å²) in [6, 6.07) is 32.8. The summed E-state index contributed by atoms with van der Waals surface area (Å²) in [5.74, 6) is 5.49. The largest absolute Gasteiger partial charge is 0.497 e. The van der Waals surface area contributed by atoms with Crippen molar-refractivity contribution in [2.24, 2.45) is 0 Å². The third kappa shape index (κ3) is 12.3. The maximum absolute atomic E-state index is 6.90. The fourth-order valence-electron chi connectivity index (χ4n) is 7.70. The number of methoxy groups -OCH3 is 4. The average molecular weight is 787 g/mol. The van der Waals surface area contributed by atoms with Crippen LogP contribution in [0.25, 0.3) is 11.1 Å². The molecular weight excluding hydrogens is 725 g/mol. The van der Waals surface area contributed by atoms with Crippen LogP contribution in [0.3, 0.4) is 0 Å². The van der Waals surface area contributed by atoms with Gasteiger partial charge in [0.25, 0.3) is 0 Å². The lowest BCUT2D eigenvalue weighted by atomic mass is 9.91. The van der Waals surface area contributed by atoms with E-state index in [0.29, 0.717) is 19.8 Å². The molecule has 0 amide bonds. The molecule has 2 bridgehead atoms. The third-order valence-corrected chi connectivity index (χ3v) is 11.1. The number of rotatable bonds is 13. The van der Waals surface area contributed by atoms with Gasteiger partial charge in [-0.15, -0.1) is 0 Å². The molecule has 0 radical (unpaired) electrons. The van der Waals surface area contributed by atoms with Crippen LogP contribution in [0.2, 0.25) is 0 Å². The summed E-state index contributed by atoms with van der Waals surface area (Å²) in [6.07, 6.45) is 16.8. The van der Waals surface area contributed by atoms with E-state index in [1.165, 1.54) is 69.8 Å². The lowest BCUT2D eigenvalue weighted by Crippen LogP contribution is -2.06. The highest BCUT2D eigenvalue weighted by molar-refractivity contribution is 5.85. The van der Waals surface area contributed by atoms with Gasteiger partial charge in [-0.05, 0) is 108 Å². The van der Waals surface area contributed by atoms with Crippen molar-refractivity contribution in [3.8, 4) is 51.4 Å². The van der Waals surface area contributed by atoms with Crippen LogP contribution in [0, 0.1) is 0 Å². The first-order valence-electron chi connectivity index (χ1n) is 21.2. The molecule has 0 saturated heterocycles. The van der Waals surface area contributed by atoms with Gasteiger partial charge < -0.3 is 33.2 Å². The number of hydrogen-bond acceptors (Lipinski definition) is 7. The summed E-state index contributed by atoms with van der Waals surface area (Å²) in [6.45, 7) is 1.20. The second-order valence-electron chi connectivity index (χ2n) is 15.3. The molecule has 0 N–H and O–H groups in total. The molecule has 0 saturated carbocycles. The smallest absolute Gasteiger partial charge is 0.131 e. The molecule has 5 aromatic carbocycles. The van der Waals surface area contributed by atoms with E-state index in [2.05, 4.69) is 42.5 Å². The van der Waals surface area contributed by atoms with Gasteiger partial charge in [-0.25, -0.2) is 0 Å². The lowest BCUT2D eigenvalue weighted by Gasteiger charge is -2.23. The molecule has 0 atom stereocenters. The summed E-state index contributed by atoms with van der Waals surface area (Å²) in [5.41, 5.74) is 7.39. The Bertz CT molecular complexity index is 1900. The average Bonchev–Trinajstić information content (AvgIpc) is 3.27. The monoisotopic (exact) mass is 786 g/mol. The molecule has 308 valence electrons. The van der Waals surface area contributed by atoms with Gasteiger partial charge in [-0.1, -0.05) is 101 Å². The normalized spacial score (nSPS) is 14.1. The molecule has 0 spiro atoms. The maximum Gasteiger partial charge on any atom is 0.131 e. The lowest BCUT2D eigenvalue weighted by molar-refractivity contribution is 0.291. The summed E-state index contributed by atoms with van der Waals surface area (Å²) in [4.78, 5) is 0. The molecule has 7 heteroatoms. The zero-order valence-electron chi connectivity index (χ0n) is 35.1. The third-order valence-electron chi connectivity index (χ3n) is 11.1. The van der Waals surface area contributed by atoms with Gasteiger partial charge in [0.15, 0.2) is 0 Å². The van der Waals surface area contributed by atoms with E-state index >= 15 is 0 Å². The highest BCUT2D eigenvalue weighted by Crippen LogP contribution is 2.48. The number of fused-ring (bicyclic) bond motifs is 15. The minimum Gasteiger partial charge on any atom is -0.497 e. The predicted molar refractivity (Wildman–Crippen MR) is 233 cm³/mol. The van der Waals surface area contributed by atoms with Crippen LogP contribution in [-0.2, 0) is 32.7 Å². The Kier molecular flexibility index (Phi) is 16.5. The number of ether oxygens (including phenoxy) is 7. The van der Waals surface area contributed by atoms with Crippen LogP contribution in [0.1, 0.15) is 105 Å². The summed E-state index contributed by atoms with van der Waals surface area (Å²) >= 11 is 0. The number of hydrogen-bond donors (Lipinski definition) is 0. The van der Waals surface area contributed by atoms with Crippen LogP contribution in [0.4, 0.5) is 0 Å². The van der Waals surface area contributed by atoms with E-state index in [1.54, 1.807) is 28.4 Å². The van der Waals surface area contributed by atoms with E-state index in [1.807, 2.05) is 54.6 Å². The molecule has 0 fully saturated rings. The van der Waals surface area contributed by atoms with E-state index in [-0.39, 0.29) is 0 Å². The van der Waals surface area contributed by atoms with E-state index in [4.69, 9.17) is 33.2 Å². The Morgan fingerprint density at radius 2 is 0.741 bits per heavy atom. The van der Waals surface area contributed by atoms with Crippen LogP contribution < -0.4 is 33.2 Å². The summed E-state index contributed by atoms with van der Waals surface area (Å²) in [7, 11) is 6.79. The Morgan fingerprint density at radius 1 is 0.345 bits per heavy atom. The van der Waals surface area contributed by atoms with Gasteiger partial charge in [0.1, 0.15) is 60.1 Å².